The predicted molar refractivity (Wildman–Crippen MR) is 121 cm³/mol. The van der Waals surface area contributed by atoms with Crippen molar-refractivity contribution >= 4 is 35.0 Å². The number of nitrogen functional groups attached to an aromatic ring is 1. The average molecular weight is 449 g/mol. The second-order valence-electron chi connectivity index (χ2n) is 6.33. The summed E-state index contributed by atoms with van der Waals surface area (Å²) in [5, 5.41) is 20.3. The number of pyridine rings is 1. The normalized spacial score (nSPS) is 10.2. The number of nitrogens with two attached hydrogens (primary N) is 1. The molecule has 0 aliphatic carbocycles. The Morgan fingerprint density at radius 2 is 1.74 bits per heavy atom. The van der Waals surface area contributed by atoms with Crippen molar-refractivity contribution in [1.29, 1.82) is 10.5 Å². The van der Waals surface area contributed by atoms with Gasteiger partial charge in [-0.3, -0.25) is 4.79 Å². The van der Waals surface area contributed by atoms with Crippen molar-refractivity contribution < 1.29 is 9.53 Å². The zero-order chi connectivity index (χ0) is 22.4. The number of anilines is 1. The van der Waals surface area contributed by atoms with Crippen molar-refractivity contribution in [1.82, 2.24) is 4.98 Å². The summed E-state index contributed by atoms with van der Waals surface area (Å²) in [5.74, 6) is 0.593. The van der Waals surface area contributed by atoms with E-state index in [0.717, 1.165) is 11.8 Å². The molecular weight excluding hydrogens is 432 g/mol. The van der Waals surface area contributed by atoms with Gasteiger partial charge in [-0.25, -0.2) is 4.98 Å². The van der Waals surface area contributed by atoms with Gasteiger partial charge in [0.25, 0.3) is 0 Å². The lowest BCUT2D eigenvalue weighted by molar-refractivity contribution is 0.102. The van der Waals surface area contributed by atoms with Crippen LogP contribution < -0.4 is 10.5 Å². The molecule has 1 heterocycles. The van der Waals surface area contributed by atoms with Crippen LogP contribution in [0.25, 0.3) is 11.1 Å². The SMILES string of the molecule is CCOc1ccc(-c2c(C#N)c(N)nc(SCC(=O)c3ccc(Cl)cc3)c2C#N)cc1. The summed E-state index contributed by atoms with van der Waals surface area (Å²) in [4.78, 5) is 16.7. The van der Waals surface area contributed by atoms with E-state index in [-0.39, 0.29) is 28.5 Å². The van der Waals surface area contributed by atoms with Gasteiger partial charge in [0.05, 0.1) is 17.9 Å². The van der Waals surface area contributed by atoms with Crippen molar-refractivity contribution in [3.63, 3.8) is 0 Å². The van der Waals surface area contributed by atoms with E-state index < -0.39 is 0 Å². The highest BCUT2D eigenvalue weighted by atomic mass is 35.5. The fourth-order valence-corrected chi connectivity index (χ4v) is 3.94. The number of ether oxygens (including phenoxy) is 1. The molecule has 3 aromatic rings. The lowest BCUT2D eigenvalue weighted by Gasteiger charge is -2.13. The van der Waals surface area contributed by atoms with E-state index in [1.807, 2.05) is 13.0 Å². The molecule has 31 heavy (non-hydrogen) atoms. The molecule has 0 aliphatic rings. The van der Waals surface area contributed by atoms with Gasteiger partial charge < -0.3 is 10.5 Å². The van der Waals surface area contributed by atoms with Crippen molar-refractivity contribution in [2.24, 2.45) is 0 Å². The molecule has 154 valence electrons. The average Bonchev–Trinajstić information content (AvgIpc) is 2.78. The summed E-state index contributed by atoms with van der Waals surface area (Å²) in [6.45, 7) is 2.41. The molecule has 0 aliphatic heterocycles. The maximum Gasteiger partial charge on any atom is 0.173 e. The van der Waals surface area contributed by atoms with Gasteiger partial charge in [-0.15, -0.1) is 0 Å². The number of nitriles is 2. The Kier molecular flexibility index (Phi) is 7.15. The van der Waals surface area contributed by atoms with Crippen LogP contribution in [0.2, 0.25) is 5.02 Å². The molecule has 0 radical (unpaired) electrons. The van der Waals surface area contributed by atoms with E-state index >= 15 is 0 Å². The van der Waals surface area contributed by atoms with Gasteiger partial charge >= 0.3 is 0 Å². The number of benzene rings is 2. The van der Waals surface area contributed by atoms with E-state index in [0.29, 0.717) is 39.1 Å². The van der Waals surface area contributed by atoms with Gasteiger partial charge in [0, 0.05) is 16.1 Å². The molecule has 0 unspecified atom stereocenters. The highest BCUT2D eigenvalue weighted by Crippen LogP contribution is 2.36. The Balaban J connectivity index is 1.98. The summed E-state index contributed by atoms with van der Waals surface area (Å²) in [6.07, 6.45) is 0. The number of ketones is 1. The Morgan fingerprint density at radius 3 is 2.32 bits per heavy atom. The molecule has 0 spiro atoms. The monoisotopic (exact) mass is 448 g/mol. The molecule has 8 heteroatoms. The van der Waals surface area contributed by atoms with Gasteiger partial charge in [-0.1, -0.05) is 35.5 Å². The zero-order valence-electron chi connectivity index (χ0n) is 16.6. The smallest absolute Gasteiger partial charge is 0.173 e. The highest BCUT2D eigenvalue weighted by Gasteiger charge is 2.21. The second-order valence-corrected chi connectivity index (χ2v) is 7.73. The van der Waals surface area contributed by atoms with E-state index in [1.54, 1.807) is 48.5 Å². The van der Waals surface area contributed by atoms with Crippen LogP contribution in [0.4, 0.5) is 5.82 Å². The van der Waals surface area contributed by atoms with Gasteiger partial charge in [-0.05, 0) is 48.9 Å². The largest absolute Gasteiger partial charge is 0.494 e. The lowest BCUT2D eigenvalue weighted by atomic mass is 9.97. The molecule has 0 fully saturated rings. The first-order valence-corrected chi connectivity index (χ1v) is 10.6. The molecule has 0 bridgehead atoms. The van der Waals surface area contributed by atoms with Gasteiger partial charge in [-0.2, -0.15) is 10.5 Å². The summed E-state index contributed by atoms with van der Waals surface area (Å²) < 4.78 is 5.45. The van der Waals surface area contributed by atoms with Crippen LogP contribution in [0.3, 0.4) is 0 Å². The molecule has 3 rings (SSSR count). The number of aromatic nitrogens is 1. The summed E-state index contributed by atoms with van der Waals surface area (Å²) in [6, 6.07) is 17.8. The molecule has 6 nitrogen and oxygen atoms in total. The number of hydrogen-bond acceptors (Lipinski definition) is 7. The summed E-state index contributed by atoms with van der Waals surface area (Å²) in [5.41, 5.74) is 7.87. The van der Waals surface area contributed by atoms with Crippen LogP contribution >= 0.6 is 23.4 Å². The van der Waals surface area contributed by atoms with Gasteiger partial charge in [0.1, 0.15) is 34.3 Å². The van der Waals surface area contributed by atoms with Gasteiger partial charge in [0.15, 0.2) is 5.78 Å². The number of carbonyl (C=O) groups excluding carboxylic acids is 1. The van der Waals surface area contributed by atoms with Crippen LogP contribution in [0.15, 0.2) is 53.6 Å². The van der Waals surface area contributed by atoms with E-state index in [9.17, 15) is 15.3 Å². The second kappa shape index (κ2) is 9.99. The quantitative estimate of drug-likeness (QED) is 0.395. The number of rotatable bonds is 7. The maximum atomic E-state index is 12.5. The first kappa shape index (κ1) is 22.2. The topological polar surface area (TPSA) is 113 Å². The fourth-order valence-electron chi connectivity index (χ4n) is 2.93. The Morgan fingerprint density at radius 1 is 1.10 bits per heavy atom. The summed E-state index contributed by atoms with van der Waals surface area (Å²) >= 11 is 6.97. The Hall–Kier alpha value is -3.52. The third kappa shape index (κ3) is 4.97. The van der Waals surface area contributed by atoms with Crippen molar-refractivity contribution in [2.75, 3.05) is 18.1 Å². The fraction of sp³-hybridized carbons (Fsp3) is 0.130. The van der Waals surface area contributed by atoms with Crippen LogP contribution in [0.5, 0.6) is 5.75 Å². The molecule has 0 atom stereocenters. The highest BCUT2D eigenvalue weighted by molar-refractivity contribution is 8.00. The zero-order valence-corrected chi connectivity index (χ0v) is 18.1. The number of carbonyl (C=O) groups is 1. The third-order valence-electron chi connectivity index (χ3n) is 4.38. The summed E-state index contributed by atoms with van der Waals surface area (Å²) in [7, 11) is 0. The van der Waals surface area contributed by atoms with Crippen LogP contribution in [-0.2, 0) is 0 Å². The minimum Gasteiger partial charge on any atom is -0.494 e. The maximum absolute atomic E-state index is 12.5. The van der Waals surface area contributed by atoms with E-state index in [4.69, 9.17) is 22.1 Å². The predicted octanol–water partition coefficient (Wildman–Crippen LogP) is 5.10. The molecule has 0 amide bonds. The standard InChI is InChI=1S/C23H17ClN4O2S/c1-2-30-17-9-5-15(6-10-17)21-18(11-25)22(27)28-23(19(21)12-26)31-13-20(29)14-3-7-16(24)8-4-14/h3-10H,2,13H2,1H3,(H2,27,28). The van der Waals surface area contributed by atoms with Crippen LogP contribution in [-0.4, -0.2) is 23.1 Å². The molecule has 0 saturated carbocycles. The van der Waals surface area contributed by atoms with Crippen molar-refractivity contribution in [3.8, 4) is 29.0 Å². The van der Waals surface area contributed by atoms with Gasteiger partial charge in [0.2, 0.25) is 0 Å². The van der Waals surface area contributed by atoms with E-state index in [1.165, 1.54) is 0 Å². The molecular formula is C23H17ClN4O2S. The molecule has 2 aromatic carbocycles. The number of Topliss-reactive ketones (excluding diaryl/α,β-unsaturated/α-hetero) is 1. The first-order chi connectivity index (χ1) is 15.0. The van der Waals surface area contributed by atoms with E-state index in [2.05, 4.69) is 11.1 Å². The molecule has 2 N–H and O–H groups in total. The molecule has 1 aromatic heterocycles. The lowest BCUT2D eigenvalue weighted by Crippen LogP contribution is -2.06. The Bertz CT molecular complexity index is 1200. The molecule has 0 saturated heterocycles. The van der Waals surface area contributed by atoms with Crippen molar-refractivity contribution in [2.45, 2.75) is 11.9 Å². The first-order valence-electron chi connectivity index (χ1n) is 9.27. The number of halogens is 1. The minimum absolute atomic E-state index is 0.00632. The number of thioether (sulfide) groups is 1. The third-order valence-corrected chi connectivity index (χ3v) is 5.60. The Labute approximate surface area is 189 Å². The van der Waals surface area contributed by atoms with Crippen molar-refractivity contribution in [3.05, 3.63) is 70.2 Å². The minimum atomic E-state index is -0.141. The number of nitrogens with zero attached hydrogens (tertiary/aromatic N) is 3. The number of hydrogen-bond donors (Lipinski definition) is 1. The van der Waals surface area contributed by atoms with Crippen LogP contribution in [0.1, 0.15) is 28.4 Å². The van der Waals surface area contributed by atoms with Crippen LogP contribution in [0, 0.1) is 22.7 Å².